The van der Waals surface area contributed by atoms with Crippen LogP contribution in [0.3, 0.4) is 0 Å². The molecule has 1 aromatic rings. The number of nitriles is 1. The maximum atomic E-state index is 11.4. The van der Waals surface area contributed by atoms with Crippen molar-refractivity contribution in [1.82, 2.24) is 0 Å². The third-order valence-electron chi connectivity index (χ3n) is 2.42. The first-order chi connectivity index (χ1) is 7.74. The molecule has 0 aliphatic carbocycles. The number of carbonyl (C=O) groups is 1. The van der Waals surface area contributed by atoms with E-state index in [4.69, 9.17) is 5.26 Å². The molecule has 0 saturated heterocycles. The first kappa shape index (κ1) is 10.2. The fourth-order valence-electron chi connectivity index (χ4n) is 1.75. The van der Waals surface area contributed by atoms with Crippen LogP contribution >= 0.6 is 0 Å². The lowest BCUT2D eigenvalue weighted by atomic mass is 10.1. The van der Waals surface area contributed by atoms with Crippen LogP contribution in [-0.2, 0) is 4.79 Å². The monoisotopic (exact) mass is 213 g/mol. The summed E-state index contributed by atoms with van der Waals surface area (Å²) < 4.78 is 0. The van der Waals surface area contributed by atoms with E-state index in [1.165, 1.54) is 0 Å². The third-order valence-corrected chi connectivity index (χ3v) is 2.42. The van der Waals surface area contributed by atoms with Crippen LogP contribution in [0, 0.1) is 11.3 Å². The van der Waals surface area contributed by atoms with Crippen LogP contribution < -0.4 is 10.2 Å². The van der Waals surface area contributed by atoms with Gasteiger partial charge in [-0.3, -0.25) is 4.79 Å². The third kappa shape index (κ3) is 1.75. The van der Waals surface area contributed by atoms with Crippen LogP contribution in [0.1, 0.15) is 5.56 Å². The highest BCUT2D eigenvalue weighted by molar-refractivity contribution is 6.01. The first-order valence-corrected chi connectivity index (χ1v) is 4.94. The number of hydrogen-bond donors (Lipinski definition) is 1. The zero-order valence-corrected chi connectivity index (χ0v) is 8.73. The number of amides is 1. The summed E-state index contributed by atoms with van der Waals surface area (Å²) in [6.45, 7) is 4.60. The van der Waals surface area contributed by atoms with E-state index in [0.717, 1.165) is 5.69 Å². The zero-order chi connectivity index (χ0) is 11.5. The molecule has 0 bridgehead atoms. The summed E-state index contributed by atoms with van der Waals surface area (Å²) >= 11 is 0. The predicted molar refractivity (Wildman–Crippen MR) is 62.2 cm³/mol. The van der Waals surface area contributed by atoms with Gasteiger partial charge in [-0.15, -0.1) is 6.58 Å². The van der Waals surface area contributed by atoms with Crippen molar-refractivity contribution in [2.24, 2.45) is 0 Å². The molecular weight excluding hydrogens is 202 g/mol. The minimum absolute atomic E-state index is 0.0653. The molecule has 1 heterocycles. The van der Waals surface area contributed by atoms with E-state index in [1.807, 2.05) is 17.0 Å². The average Bonchev–Trinajstić information content (AvgIpc) is 2.28. The number of rotatable bonds is 2. The Hall–Kier alpha value is -2.28. The minimum Gasteiger partial charge on any atom is -0.357 e. The van der Waals surface area contributed by atoms with Gasteiger partial charge in [-0.05, 0) is 18.2 Å². The average molecular weight is 213 g/mol. The molecule has 1 amide bonds. The normalized spacial score (nSPS) is 13.7. The van der Waals surface area contributed by atoms with Crippen molar-refractivity contribution in [3.05, 3.63) is 36.4 Å². The molecule has 1 aliphatic rings. The molecular formula is C12H11N3O. The molecule has 4 heteroatoms. The summed E-state index contributed by atoms with van der Waals surface area (Å²) in [5.41, 5.74) is 2.16. The second-order valence-electron chi connectivity index (χ2n) is 3.56. The molecule has 0 unspecified atom stereocenters. The van der Waals surface area contributed by atoms with Gasteiger partial charge in [0, 0.05) is 6.54 Å². The molecule has 80 valence electrons. The van der Waals surface area contributed by atoms with E-state index in [0.29, 0.717) is 24.3 Å². The minimum atomic E-state index is -0.0653. The molecule has 0 spiro atoms. The molecule has 2 rings (SSSR count). The maximum Gasteiger partial charge on any atom is 0.243 e. The number of benzene rings is 1. The van der Waals surface area contributed by atoms with Gasteiger partial charge >= 0.3 is 0 Å². The van der Waals surface area contributed by atoms with Gasteiger partial charge in [0.15, 0.2) is 0 Å². The number of nitrogens with zero attached hydrogens (tertiary/aromatic N) is 2. The van der Waals surface area contributed by atoms with E-state index < -0.39 is 0 Å². The highest BCUT2D eigenvalue weighted by Crippen LogP contribution is 2.29. The Labute approximate surface area is 93.8 Å². The van der Waals surface area contributed by atoms with Gasteiger partial charge in [0.25, 0.3) is 0 Å². The SMILES string of the molecule is C=CCN1CC(=O)Nc2cc(C#N)ccc21. The standard InChI is InChI=1S/C12H11N3O/c1-2-5-15-8-12(16)14-10-6-9(7-13)3-4-11(10)15/h2-4,6H,1,5,8H2,(H,14,16). The van der Waals surface area contributed by atoms with Gasteiger partial charge in [0.2, 0.25) is 5.91 Å². The second kappa shape index (κ2) is 4.07. The Balaban J connectivity index is 2.43. The van der Waals surface area contributed by atoms with Crippen LogP contribution in [0.2, 0.25) is 0 Å². The smallest absolute Gasteiger partial charge is 0.243 e. The Morgan fingerprint density at radius 1 is 1.62 bits per heavy atom. The number of nitrogens with one attached hydrogen (secondary N) is 1. The fourth-order valence-corrected chi connectivity index (χ4v) is 1.75. The highest BCUT2D eigenvalue weighted by atomic mass is 16.2. The number of carbonyl (C=O) groups excluding carboxylic acids is 1. The lowest BCUT2D eigenvalue weighted by molar-refractivity contribution is -0.115. The van der Waals surface area contributed by atoms with E-state index in [-0.39, 0.29) is 5.91 Å². The second-order valence-corrected chi connectivity index (χ2v) is 3.56. The van der Waals surface area contributed by atoms with Gasteiger partial charge in [-0.25, -0.2) is 0 Å². The van der Waals surface area contributed by atoms with Crippen molar-refractivity contribution in [1.29, 1.82) is 5.26 Å². The molecule has 16 heavy (non-hydrogen) atoms. The van der Waals surface area contributed by atoms with Crippen LogP contribution in [-0.4, -0.2) is 19.0 Å². The number of anilines is 2. The predicted octanol–water partition coefficient (Wildman–Crippen LogP) is 1.50. The highest BCUT2D eigenvalue weighted by Gasteiger charge is 2.20. The summed E-state index contributed by atoms with van der Waals surface area (Å²) in [5, 5.41) is 11.5. The summed E-state index contributed by atoms with van der Waals surface area (Å²) in [6.07, 6.45) is 1.75. The van der Waals surface area contributed by atoms with Crippen molar-refractivity contribution in [3.8, 4) is 6.07 Å². The molecule has 1 aromatic carbocycles. The number of hydrogen-bond acceptors (Lipinski definition) is 3. The van der Waals surface area contributed by atoms with E-state index in [1.54, 1.807) is 18.2 Å². The Bertz CT molecular complexity index is 488. The van der Waals surface area contributed by atoms with Gasteiger partial charge in [-0.1, -0.05) is 6.08 Å². The van der Waals surface area contributed by atoms with Gasteiger partial charge < -0.3 is 10.2 Å². The van der Waals surface area contributed by atoms with E-state index in [2.05, 4.69) is 11.9 Å². The van der Waals surface area contributed by atoms with Crippen molar-refractivity contribution in [2.75, 3.05) is 23.3 Å². The summed E-state index contributed by atoms with van der Waals surface area (Å²) in [6, 6.07) is 7.32. The van der Waals surface area contributed by atoms with Gasteiger partial charge in [0.05, 0.1) is 29.6 Å². The van der Waals surface area contributed by atoms with Crippen molar-refractivity contribution < 1.29 is 4.79 Å². The van der Waals surface area contributed by atoms with E-state index in [9.17, 15) is 4.79 Å². The molecule has 0 saturated carbocycles. The fraction of sp³-hybridized carbons (Fsp3) is 0.167. The summed E-state index contributed by atoms with van der Waals surface area (Å²) in [7, 11) is 0. The Morgan fingerprint density at radius 3 is 3.12 bits per heavy atom. The van der Waals surface area contributed by atoms with Crippen LogP contribution in [0.5, 0.6) is 0 Å². The molecule has 0 aromatic heterocycles. The van der Waals surface area contributed by atoms with E-state index >= 15 is 0 Å². The Kier molecular flexibility index (Phi) is 2.61. The van der Waals surface area contributed by atoms with Crippen LogP contribution in [0.25, 0.3) is 0 Å². The molecule has 0 fully saturated rings. The largest absolute Gasteiger partial charge is 0.357 e. The van der Waals surface area contributed by atoms with Crippen LogP contribution in [0.4, 0.5) is 11.4 Å². The quantitative estimate of drug-likeness (QED) is 0.757. The van der Waals surface area contributed by atoms with Crippen LogP contribution in [0.15, 0.2) is 30.9 Å². The summed E-state index contributed by atoms with van der Waals surface area (Å²) in [5.74, 6) is -0.0653. The van der Waals surface area contributed by atoms with Crippen molar-refractivity contribution in [3.63, 3.8) is 0 Å². The lowest BCUT2D eigenvalue weighted by Gasteiger charge is -2.29. The first-order valence-electron chi connectivity index (χ1n) is 4.94. The maximum absolute atomic E-state index is 11.4. The topological polar surface area (TPSA) is 56.1 Å². The Morgan fingerprint density at radius 2 is 2.44 bits per heavy atom. The lowest BCUT2D eigenvalue weighted by Crippen LogP contribution is -2.38. The van der Waals surface area contributed by atoms with Gasteiger partial charge in [-0.2, -0.15) is 5.26 Å². The van der Waals surface area contributed by atoms with Crippen molar-refractivity contribution in [2.45, 2.75) is 0 Å². The summed E-state index contributed by atoms with van der Waals surface area (Å²) in [4.78, 5) is 13.4. The molecule has 1 aliphatic heterocycles. The molecule has 4 nitrogen and oxygen atoms in total. The molecule has 0 atom stereocenters. The zero-order valence-electron chi connectivity index (χ0n) is 8.73. The van der Waals surface area contributed by atoms with Gasteiger partial charge in [0.1, 0.15) is 0 Å². The molecule has 0 radical (unpaired) electrons. The molecule has 1 N–H and O–H groups in total. The number of fused-ring (bicyclic) bond motifs is 1. The van der Waals surface area contributed by atoms with Crippen molar-refractivity contribution >= 4 is 17.3 Å².